The summed E-state index contributed by atoms with van der Waals surface area (Å²) in [5, 5.41) is 2.77. The lowest BCUT2D eigenvalue weighted by Gasteiger charge is -2.04. The van der Waals surface area contributed by atoms with Crippen LogP contribution >= 0.6 is 23.1 Å². The third-order valence-corrected chi connectivity index (χ3v) is 3.78. The van der Waals surface area contributed by atoms with Gasteiger partial charge in [0.1, 0.15) is 5.01 Å². The van der Waals surface area contributed by atoms with Crippen molar-refractivity contribution in [2.24, 2.45) is 0 Å². The van der Waals surface area contributed by atoms with Crippen molar-refractivity contribution in [1.29, 1.82) is 0 Å². The van der Waals surface area contributed by atoms with Crippen molar-refractivity contribution < 1.29 is 4.79 Å². The number of thioether (sulfide) groups is 1. The monoisotopic (exact) mass is 249 g/mol. The van der Waals surface area contributed by atoms with E-state index in [0.717, 1.165) is 15.5 Å². The van der Waals surface area contributed by atoms with Gasteiger partial charge in [0.25, 0.3) is 0 Å². The van der Waals surface area contributed by atoms with Crippen LogP contribution < -0.4 is 0 Å². The molecule has 0 bridgehead atoms. The number of rotatable bonds is 4. The van der Waals surface area contributed by atoms with Crippen LogP contribution in [0.4, 0.5) is 0 Å². The number of carbonyl (C=O) groups excluding carboxylic acids is 1. The van der Waals surface area contributed by atoms with E-state index in [1.165, 1.54) is 11.3 Å². The van der Waals surface area contributed by atoms with Gasteiger partial charge in [-0.15, -0.1) is 23.1 Å². The molecule has 0 saturated carbocycles. The molecule has 0 N–H and O–H groups in total. The van der Waals surface area contributed by atoms with E-state index < -0.39 is 0 Å². The first-order valence-electron chi connectivity index (χ1n) is 4.86. The second-order valence-electron chi connectivity index (χ2n) is 3.23. The van der Waals surface area contributed by atoms with E-state index in [4.69, 9.17) is 0 Å². The van der Waals surface area contributed by atoms with E-state index >= 15 is 0 Å². The Morgan fingerprint density at radius 1 is 1.44 bits per heavy atom. The summed E-state index contributed by atoms with van der Waals surface area (Å²) in [6.45, 7) is 0. The van der Waals surface area contributed by atoms with E-state index in [1.807, 2.05) is 35.9 Å². The van der Waals surface area contributed by atoms with Gasteiger partial charge in [0.15, 0.2) is 5.78 Å². The lowest BCUT2D eigenvalue weighted by atomic mass is 10.1. The van der Waals surface area contributed by atoms with Gasteiger partial charge in [-0.05, 0) is 12.3 Å². The van der Waals surface area contributed by atoms with Crippen LogP contribution in [0, 0.1) is 0 Å². The van der Waals surface area contributed by atoms with Crippen LogP contribution in [0.2, 0.25) is 0 Å². The molecule has 0 aliphatic carbocycles. The van der Waals surface area contributed by atoms with Gasteiger partial charge >= 0.3 is 0 Å². The topological polar surface area (TPSA) is 30.0 Å². The fraction of sp³-hybridized carbons (Fsp3) is 0.167. The van der Waals surface area contributed by atoms with E-state index in [0.29, 0.717) is 6.42 Å². The Labute approximate surface area is 103 Å². The molecule has 0 atom stereocenters. The zero-order chi connectivity index (χ0) is 11.4. The van der Waals surface area contributed by atoms with Gasteiger partial charge in [0.05, 0.1) is 6.42 Å². The molecule has 2 rings (SSSR count). The van der Waals surface area contributed by atoms with Crippen LogP contribution in [-0.4, -0.2) is 17.0 Å². The molecular formula is C12H11NOS2. The summed E-state index contributed by atoms with van der Waals surface area (Å²) in [5.74, 6) is 0.139. The van der Waals surface area contributed by atoms with E-state index in [1.54, 1.807) is 18.0 Å². The molecular weight excluding hydrogens is 238 g/mol. The number of Topliss-reactive ketones (excluding diaryl/α,β-unsaturated/α-hetero) is 1. The maximum atomic E-state index is 12.0. The first-order valence-corrected chi connectivity index (χ1v) is 6.96. The first kappa shape index (κ1) is 11.4. The Balaban J connectivity index is 2.21. The third-order valence-electron chi connectivity index (χ3n) is 2.20. The Morgan fingerprint density at radius 3 is 2.94 bits per heavy atom. The van der Waals surface area contributed by atoms with Gasteiger partial charge in [-0.25, -0.2) is 4.98 Å². The van der Waals surface area contributed by atoms with Gasteiger partial charge in [0.2, 0.25) is 0 Å². The molecule has 1 aromatic carbocycles. The average molecular weight is 249 g/mol. The van der Waals surface area contributed by atoms with Crippen molar-refractivity contribution in [3.05, 3.63) is 46.4 Å². The minimum atomic E-state index is 0.139. The molecule has 0 saturated heterocycles. The molecule has 0 unspecified atom stereocenters. The number of benzene rings is 1. The highest BCUT2D eigenvalue weighted by Crippen LogP contribution is 2.21. The highest BCUT2D eigenvalue weighted by Gasteiger charge is 2.12. The van der Waals surface area contributed by atoms with Crippen LogP contribution in [0.3, 0.4) is 0 Å². The minimum absolute atomic E-state index is 0.139. The Morgan fingerprint density at radius 2 is 2.25 bits per heavy atom. The van der Waals surface area contributed by atoms with Crippen LogP contribution in [0.15, 0.2) is 40.7 Å². The Hall–Kier alpha value is -1.13. The van der Waals surface area contributed by atoms with Gasteiger partial charge in [-0.2, -0.15) is 0 Å². The molecule has 0 spiro atoms. The highest BCUT2D eigenvalue weighted by atomic mass is 32.2. The van der Waals surface area contributed by atoms with Crippen LogP contribution in [-0.2, 0) is 6.42 Å². The molecule has 1 heterocycles. The zero-order valence-electron chi connectivity index (χ0n) is 8.84. The molecule has 0 fully saturated rings. The van der Waals surface area contributed by atoms with E-state index in [2.05, 4.69) is 4.98 Å². The second-order valence-corrected chi connectivity index (χ2v) is 5.05. The summed E-state index contributed by atoms with van der Waals surface area (Å²) < 4.78 is 0. The molecule has 0 aliphatic heterocycles. The fourth-order valence-corrected chi connectivity index (χ4v) is 2.68. The minimum Gasteiger partial charge on any atom is -0.294 e. The number of thiazole rings is 1. The molecule has 2 aromatic rings. The van der Waals surface area contributed by atoms with E-state index in [9.17, 15) is 4.79 Å². The summed E-state index contributed by atoms with van der Waals surface area (Å²) in [6.07, 6.45) is 4.11. The van der Waals surface area contributed by atoms with Crippen LogP contribution in [0.25, 0.3) is 0 Å². The number of nitrogens with zero attached hydrogens (tertiary/aromatic N) is 1. The highest BCUT2D eigenvalue weighted by molar-refractivity contribution is 7.98. The zero-order valence-corrected chi connectivity index (χ0v) is 10.5. The lowest BCUT2D eigenvalue weighted by molar-refractivity contribution is 0.0990. The number of aromatic nitrogens is 1. The van der Waals surface area contributed by atoms with Gasteiger partial charge < -0.3 is 0 Å². The Bertz CT molecular complexity index is 480. The van der Waals surface area contributed by atoms with Crippen molar-refractivity contribution in [3.8, 4) is 0 Å². The number of ketones is 1. The summed E-state index contributed by atoms with van der Waals surface area (Å²) in [5.41, 5.74) is 0.796. The van der Waals surface area contributed by atoms with Crippen LogP contribution in [0.1, 0.15) is 15.4 Å². The molecule has 1 aromatic heterocycles. The predicted octanol–water partition coefficient (Wildman–Crippen LogP) is 3.29. The lowest BCUT2D eigenvalue weighted by Crippen LogP contribution is -2.04. The predicted molar refractivity (Wildman–Crippen MR) is 68.4 cm³/mol. The molecule has 0 aliphatic rings. The molecule has 2 nitrogen and oxygen atoms in total. The number of hydrogen-bond donors (Lipinski definition) is 0. The van der Waals surface area contributed by atoms with Gasteiger partial charge in [0, 0.05) is 22.0 Å². The largest absolute Gasteiger partial charge is 0.294 e. The van der Waals surface area contributed by atoms with Gasteiger partial charge in [-0.1, -0.05) is 18.2 Å². The van der Waals surface area contributed by atoms with Crippen molar-refractivity contribution in [2.75, 3.05) is 6.26 Å². The second kappa shape index (κ2) is 5.27. The first-order chi connectivity index (χ1) is 7.81. The smallest absolute Gasteiger partial charge is 0.170 e. The molecule has 82 valence electrons. The fourth-order valence-electron chi connectivity index (χ4n) is 1.45. The van der Waals surface area contributed by atoms with Gasteiger partial charge in [-0.3, -0.25) is 4.79 Å². The van der Waals surface area contributed by atoms with Crippen molar-refractivity contribution in [3.63, 3.8) is 0 Å². The summed E-state index contributed by atoms with van der Waals surface area (Å²) in [6, 6.07) is 7.70. The van der Waals surface area contributed by atoms with E-state index in [-0.39, 0.29) is 5.78 Å². The Kier molecular flexibility index (Phi) is 3.74. The van der Waals surface area contributed by atoms with Crippen molar-refractivity contribution >= 4 is 28.9 Å². The van der Waals surface area contributed by atoms with Crippen LogP contribution in [0.5, 0.6) is 0 Å². The average Bonchev–Trinajstić information content (AvgIpc) is 2.81. The molecule has 4 heteroatoms. The summed E-state index contributed by atoms with van der Waals surface area (Å²) in [7, 11) is 0. The molecule has 0 radical (unpaired) electrons. The van der Waals surface area contributed by atoms with Crippen molar-refractivity contribution in [1.82, 2.24) is 4.98 Å². The van der Waals surface area contributed by atoms with Crippen molar-refractivity contribution in [2.45, 2.75) is 11.3 Å². The quantitative estimate of drug-likeness (QED) is 0.615. The maximum absolute atomic E-state index is 12.0. The number of carbonyl (C=O) groups is 1. The molecule has 16 heavy (non-hydrogen) atoms. The maximum Gasteiger partial charge on any atom is 0.170 e. The summed E-state index contributed by atoms with van der Waals surface area (Å²) in [4.78, 5) is 17.2. The standard InChI is InChI=1S/C12H11NOS2/c1-15-11-5-3-2-4-9(11)10(14)8-12-13-6-7-16-12/h2-7H,8H2,1H3. The normalized spacial score (nSPS) is 10.3. The summed E-state index contributed by atoms with van der Waals surface area (Å²) >= 11 is 3.12. The third kappa shape index (κ3) is 2.51. The SMILES string of the molecule is CSc1ccccc1C(=O)Cc1nccs1. The number of hydrogen-bond acceptors (Lipinski definition) is 4. The molecule has 0 amide bonds.